The van der Waals surface area contributed by atoms with E-state index >= 15 is 0 Å². The van der Waals surface area contributed by atoms with Crippen LogP contribution in [0.25, 0.3) is 0 Å². The van der Waals surface area contributed by atoms with Crippen LogP contribution in [0.4, 0.5) is 0 Å². The number of pyridine rings is 1. The SMILES string of the molecule is Cc1nc(CN2CCC3(CCC(=O)N(CCc4ccccn4)C3)CC2)n(C)n1. The second-order valence-corrected chi connectivity index (χ2v) is 8.36. The van der Waals surface area contributed by atoms with Gasteiger partial charge in [-0.1, -0.05) is 6.07 Å². The molecule has 0 atom stereocenters. The van der Waals surface area contributed by atoms with Crippen molar-refractivity contribution in [2.24, 2.45) is 12.5 Å². The van der Waals surface area contributed by atoms with E-state index < -0.39 is 0 Å². The second kappa shape index (κ2) is 7.99. The van der Waals surface area contributed by atoms with E-state index in [4.69, 9.17) is 0 Å². The van der Waals surface area contributed by atoms with Gasteiger partial charge < -0.3 is 4.90 Å². The van der Waals surface area contributed by atoms with Gasteiger partial charge in [-0.2, -0.15) is 5.10 Å². The van der Waals surface area contributed by atoms with E-state index in [1.807, 2.05) is 43.0 Å². The number of amides is 1. The lowest BCUT2D eigenvalue weighted by atomic mass is 9.72. The minimum Gasteiger partial charge on any atom is -0.342 e. The number of piperidine rings is 2. The van der Waals surface area contributed by atoms with E-state index in [2.05, 4.69) is 24.9 Å². The highest BCUT2D eigenvalue weighted by atomic mass is 16.2. The number of likely N-dealkylation sites (tertiary alicyclic amines) is 2. The molecule has 4 rings (SSSR count). The molecule has 1 amide bonds. The zero-order chi connectivity index (χ0) is 19.6. The first-order valence-corrected chi connectivity index (χ1v) is 10.3. The molecule has 150 valence electrons. The molecule has 0 radical (unpaired) electrons. The van der Waals surface area contributed by atoms with Gasteiger partial charge >= 0.3 is 0 Å². The first-order chi connectivity index (χ1) is 13.5. The predicted molar refractivity (Wildman–Crippen MR) is 106 cm³/mol. The van der Waals surface area contributed by atoms with Gasteiger partial charge in [-0.3, -0.25) is 19.4 Å². The van der Waals surface area contributed by atoms with Gasteiger partial charge in [-0.15, -0.1) is 0 Å². The van der Waals surface area contributed by atoms with Gasteiger partial charge in [-0.25, -0.2) is 4.98 Å². The Hall–Kier alpha value is -2.28. The lowest BCUT2D eigenvalue weighted by Crippen LogP contribution is -2.51. The molecular formula is C21H30N6O. The number of hydrogen-bond donors (Lipinski definition) is 0. The summed E-state index contributed by atoms with van der Waals surface area (Å²) >= 11 is 0. The predicted octanol–water partition coefficient (Wildman–Crippen LogP) is 1.97. The Labute approximate surface area is 166 Å². The molecule has 0 aromatic carbocycles. The van der Waals surface area contributed by atoms with Crippen LogP contribution in [0.2, 0.25) is 0 Å². The third kappa shape index (κ3) is 4.24. The van der Waals surface area contributed by atoms with Crippen molar-refractivity contribution in [2.45, 2.75) is 45.6 Å². The van der Waals surface area contributed by atoms with Crippen LogP contribution >= 0.6 is 0 Å². The van der Waals surface area contributed by atoms with Crippen molar-refractivity contribution in [1.82, 2.24) is 29.5 Å². The van der Waals surface area contributed by atoms with Crippen molar-refractivity contribution in [1.29, 1.82) is 0 Å². The van der Waals surface area contributed by atoms with E-state index in [-0.39, 0.29) is 5.41 Å². The Balaban J connectivity index is 1.32. The molecule has 28 heavy (non-hydrogen) atoms. The third-order valence-electron chi connectivity index (χ3n) is 6.35. The highest BCUT2D eigenvalue weighted by molar-refractivity contribution is 5.77. The summed E-state index contributed by atoms with van der Waals surface area (Å²) in [5.41, 5.74) is 1.34. The zero-order valence-corrected chi connectivity index (χ0v) is 17.0. The van der Waals surface area contributed by atoms with Crippen LogP contribution in [0.1, 0.15) is 43.0 Å². The number of carbonyl (C=O) groups is 1. The number of aromatic nitrogens is 4. The zero-order valence-electron chi connectivity index (χ0n) is 17.0. The van der Waals surface area contributed by atoms with Crippen molar-refractivity contribution in [3.8, 4) is 0 Å². The lowest BCUT2D eigenvalue weighted by molar-refractivity contribution is -0.139. The van der Waals surface area contributed by atoms with Crippen molar-refractivity contribution >= 4 is 5.91 Å². The lowest BCUT2D eigenvalue weighted by Gasteiger charge is -2.47. The van der Waals surface area contributed by atoms with Crippen LogP contribution in [0.3, 0.4) is 0 Å². The molecule has 7 heteroatoms. The largest absolute Gasteiger partial charge is 0.342 e. The first-order valence-electron chi connectivity index (χ1n) is 10.3. The standard InChI is InChI=1S/C21H30N6O/c1-17-23-19(25(2)24-17)15-26-13-9-21(10-14-26)8-6-20(28)27(16-21)12-7-18-5-3-4-11-22-18/h3-5,11H,6-10,12-16H2,1-2H3. The summed E-state index contributed by atoms with van der Waals surface area (Å²) in [6.45, 7) is 6.60. The molecule has 2 fully saturated rings. The smallest absolute Gasteiger partial charge is 0.222 e. The topological polar surface area (TPSA) is 67.2 Å². The van der Waals surface area contributed by atoms with E-state index in [0.29, 0.717) is 12.3 Å². The number of carbonyl (C=O) groups excluding carboxylic acids is 1. The van der Waals surface area contributed by atoms with Gasteiger partial charge in [0.05, 0.1) is 6.54 Å². The third-order valence-corrected chi connectivity index (χ3v) is 6.35. The second-order valence-electron chi connectivity index (χ2n) is 8.36. The summed E-state index contributed by atoms with van der Waals surface area (Å²) in [6.07, 6.45) is 6.67. The summed E-state index contributed by atoms with van der Waals surface area (Å²) in [4.78, 5) is 26.0. The molecule has 7 nitrogen and oxygen atoms in total. The summed E-state index contributed by atoms with van der Waals surface area (Å²) in [6, 6.07) is 5.98. The van der Waals surface area contributed by atoms with Crippen LogP contribution in [-0.4, -0.2) is 61.6 Å². The molecule has 2 aliphatic rings. The molecule has 4 heterocycles. The van der Waals surface area contributed by atoms with E-state index in [0.717, 1.165) is 75.7 Å². The normalized spacial score (nSPS) is 20.1. The summed E-state index contributed by atoms with van der Waals surface area (Å²) in [7, 11) is 1.97. The molecule has 1 spiro atoms. The highest BCUT2D eigenvalue weighted by Crippen LogP contribution is 2.40. The molecule has 0 aliphatic carbocycles. The molecule has 0 N–H and O–H groups in total. The maximum Gasteiger partial charge on any atom is 0.222 e. The molecule has 2 aromatic rings. The minimum atomic E-state index is 0.282. The highest BCUT2D eigenvalue weighted by Gasteiger charge is 2.40. The van der Waals surface area contributed by atoms with E-state index in [1.165, 1.54) is 0 Å². The quantitative estimate of drug-likeness (QED) is 0.791. The van der Waals surface area contributed by atoms with Crippen molar-refractivity contribution in [3.05, 3.63) is 41.7 Å². The number of aryl methyl sites for hydroxylation is 2. The van der Waals surface area contributed by atoms with Gasteiger partial charge in [0.15, 0.2) is 0 Å². The van der Waals surface area contributed by atoms with Crippen molar-refractivity contribution in [3.63, 3.8) is 0 Å². The number of nitrogens with zero attached hydrogens (tertiary/aromatic N) is 6. The van der Waals surface area contributed by atoms with Crippen LogP contribution in [0.15, 0.2) is 24.4 Å². The molecule has 0 saturated carbocycles. The summed E-state index contributed by atoms with van der Waals surface area (Å²) in [5.74, 6) is 2.17. The van der Waals surface area contributed by atoms with Crippen LogP contribution in [0.5, 0.6) is 0 Å². The van der Waals surface area contributed by atoms with Gasteiger partial charge in [0.1, 0.15) is 11.6 Å². The molecule has 2 aliphatic heterocycles. The van der Waals surface area contributed by atoms with E-state index in [9.17, 15) is 4.79 Å². The van der Waals surface area contributed by atoms with Crippen LogP contribution in [-0.2, 0) is 24.8 Å². The van der Waals surface area contributed by atoms with Gasteiger partial charge in [-0.05, 0) is 56.8 Å². The fourth-order valence-electron chi connectivity index (χ4n) is 4.59. The summed E-state index contributed by atoms with van der Waals surface area (Å²) < 4.78 is 1.89. The van der Waals surface area contributed by atoms with Gasteiger partial charge in [0.25, 0.3) is 0 Å². The fraction of sp³-hybridized carbons (Fsp3) is 0.619. The van der Waals surface area contributed by atoms with Gasteiger partial charge in [0.2, 0.25) is 5.91 Å². The van der Waals surface area contributed by atoms with E-state index in [1.54, 1.807) is 0 Å². The van der Waals surface area contributed by atoms with Crippen molar-refractivity contribution in [2.75, 3.05) is 26.2 Å². The van der Waals surface area contributed by atoms with Crippen LogP contribution in [0, 0.1) is 12.3 Å². The Bertz CT molecular complexity index is 810. The van der Waals surface area contributed by atoms with Crippen molar-refractivity contribution < 1.29 is 4.79 Å². The van der Waals surface area contributed by atoms with Gasteiger partial charge in [0, 0.05) is 44.9 Å². The number of rotatable bonds is 5. The number of hydrogen-bond acceptors (Lipinski definition) is 5. The Morgan fingerprint density at radius 2 is 2.00 bits per heavy atom. The Morgan fingerprint density at radius 3 is 2.68 bits per heavy atom. The van der Waals surface area contributed by atoms with Crippen LogP contribution < -0.4 is 0 Å². The monoisotopic (exact) mass is 382 g/mol. The Kier molecular flexibility index (Phi) is 5.44. The fourth-order valence-corrected chi connectivity index (χ4v) is 4.59. The molecule has 0 unspecified atom stereocenters. The average Bonchev–Trinajstić information content (AvgIpc) is 3.02. The molecular weight excluding hydrogens is 352 g/mol. The Morgan fingerprint density at radius 1 is 1.18 bits per heavy atom. The minimum absolute atomic E-state index is 0.282. The molecule has 2 saturated heterocycles. The maximum atomic E-state index is 12.5. The first kappa shape index (κ1) is 19.1. The summed E-state index contributed by atoms with van der Waals surface area (Å²) in [5, 5.41) is 4.35. The average molecular weight is 383 g/mol. The molecule has 2 aromatic heterocycles. The molecule has 0 bridgehead atoms. The maximum absolute atomic E-state index is 12.5.